The van der Waals surface area contributed by atoms with Crippen LogP contribution in [0.1, 0.15) is 22.3 Å². The molecule has 0 amide bonds. The molecular weight excluding hydrogens is 302 g/mol. The zero-order valence-electron chi connectivity index (χ0n) is 13.6. The Balaban J connectivity index is 1.77. The fourth-order valence-corrected chi connectivity index (χ4v) is 3.69. The molecule has 2 N–H and O–H groups in total. The topological polar surface area (TPSA) is 35.2 Å². The summed E-state index contributed by atoms with van der Waals surface area (Å²) in [6, 6.07) is 12.7. The van der Waals surface area contributed by atoms with E-state index in [2.05, 4.69) is 56.1 Å². The van der Waals surface area contributed by atoms with Gasteiger partial charge < -0.3 is 10.5 Å². The van der Waals surface area contributed by atoms with Crippen molar-refractivity contribution in [2.75, 3.05) is 0 Å². The second kappa shape index (κ2) is 6.47. The number of nitrogens with two attached hydrogens (primary N) is 1. The van der Waals surface area contributed by atoms with Gasteiger partial charge in [-0.3, -0.25) is 0 Å². The Hall–Kier alpha value is -2.26. The zero-order valence-corrected chi connectivity index (χ0v) is 14.4. The van der Waals surface area contributed by atoms with E-state index in [4.69, 9.17) is 10.5 Å². The number of rotatable bonds is 5. The molecule has 0 saturated heterocycles. The largest absolute Gasteiger partial charge is 0.489 e. The molecule has 0 bridgehead atoms. The minimum absolute atomic E-state index is 0.593. The molecule has 0 unspecified atom stereocenters. The lowest BCUT2D eigenvalue weighted by molar-refractivity contribution is 0.306. The Labute approximate surface area is 141 Å². The molecule has 0 radical (unpaired) electrons. The van der Waals surface area contributed by atoms with Crippen molar-refractivity contribution >= 4 is 21.4 Å². The average Bonchev–Trinajstić information content (AvgIpc) is 2.88. The van der Waals surface area contributed by atoms with Crippen molar-refractivity contribution in [1.29, 1.82) is 0 Å². The highest BCUT2D eigenvalue weighted by molar-refractivity contribution is 7.17. The molecule has 0 atom stereocenters. The Morgan fingerprint density at radius 3 is 2.70 bits per heavy atom. The highest BCUT2D eigenvalue weighted by Crippen LogP contribution is 2.30. The number of aryl methyl sites for hydroxylation is 2. The van der Waals surface area contributed by atoms with E-state index in [1.165, 1.54) is 32.3 Å². The van der Waals surface area contributed by atoms with Gasteiger partial charge in [0, 0.05) is 16.8 Å². The standard InChI is InChI=1S/C20H21NOS/c1-13-4-5-16(14(2)8-13)11-22-18-6-7-19-17(9-15(3)21)12-23-20(19)10-18/h4-8,10,12H,3,9,11,21H2,1-2H3. The van der Waals surface area contributed by atoms with Crippen LogP contribution in [0.3, 0.4) is 0 Å². The van der Waals surface area contributed by atoms with Gasteiger partial charge in [0.2, 0.25) is 0 Å². The molecule has 0 spiro atoms. The van der Waals surface area contributed by atoms with Crippen LogP contribution >= 0.6 is 11.3 Å². The lowest BCUT2D eigenvalue weighted by Gasteiger charge is -2.10. The smallest absolute Gasteiger partial charge is 0.121 e. The van der Waals surface area contributed by atoms with Crippen LogP contribution in [0.25, 0.3) is 10.1 Å². The number of hydrogen-bond donors (Lipinski definition) is 1. The van der Waals surface area contributed by atoms with Crippen molar-refractivity contribution in [1.82, 2.24) is 0 Å². The van der Waals surface area contributed by atoms with Gasteiger partial charge in [-0.1, -0.05) is 30.3 Å². The Kier molecular flexibility index (Phi) is 4.39. The van der Waals surface area contributed by atoms with Crippen LogP contribution in [0.4, 0.5) is 0 Å². The summed E-state index contributed by atoms with van der Waals surface area (Å²) in [7, 11) is 0. The molecule has 3 aromatic rings. The average molecular weight is 323 g/mol. The van der Waals surface area contributed by atoms with Crippen molar-refractivity contribution in [3.8, 4) is 5.75 Å². The predicted molar refractivity (Wildman–Crippen MR) is 99.1 cm³/mol. The molecule has 0 saturated carbocycles. The third kappa shape index (κ3) is 3.57. The van der Waals surface area contributed by atoms with E-state index in [0.29, 0.717) is 12.3 Å². The maximum atomic E-state index is 5.98. The third-order valence-corrected chi connectivity index (χ3v) is 4.93. The van der Waals surface area contributed by atoms with Crippen LogP contribution in [-0.2, 0) is 13.0 Å². The third-order valence-electron chi connectivity index (χ3n) is 3.94. The van der Waals surface area contributed by atoms with E-state index in [-0.39, 0.29) is 0 Å². The highest BCUT2D eigenvalue weighted by Gasteiger charge is 2.07. The van der Waals surface area contributed by atoms with Gasteiger partial charge in [-0.25, -0.2) is 0 Å². The quantitative estimate of drug-likeness (QED) is 0.708. The number of allylic oxidation sites excluding steroid dienone is 1. The summed E-state index contributed by atoms with van der Waals surface area (Å²) in [4.78, 5) is 0. The van der Waals surface area contributed by atoms with Crippen LogP contribution < -0.4 is 10.5 Å². The Bertz CT molecular complexity index is 863. The summed E-state index contributed by atoms with van der Waals surface area (Å²) in [5.74, 6) is 0.900. The van der Waals surface area contributed by atoms with Gasteiger partial charge in [0.25, 0.3) is 0 Å². The number of ether oxygens (including phenoxy) is 1. The fourth-order valence-electron chi connectivity index (χ4n) is 2.70. The molecule has 23 heavy (non-hydrogen) atoms. The van der Waals surface area contributed by atoms with E-state index in [9.17, 15) is 0 Å². The minimum atomic E-state index is 0.593. The van der Waals surface area contributed by atoms with E-state index in [1.807, 2.05) is 6.07 Å². The van der Waals surface area contributed by atoms with Crippen LogP contribution in [0.15, 0.2) is 54.1 Å². The van der Waals surface area contributed by atoms with E-state index in [0.717, 1.165) is 12.2 Å². The van der Waals surface area contributed by atoms with Gasteiger partial charge in [0.15, 0.2) is 0 Å². The van der Waals surface area contributed by atoms with Gasteiger partial charge in [-0.05, 0) is 59.5 Å². The summed E-state index contributed by atoms with van der Waals surface area (Å²) >= 11 is 1.72. The molecule has 0 aliphatic rings. The number of fused-ring (bicyclic) bond motifs is 1. The van der Waals surface area contributed by atoms with Crippen LogP contribution in [0.5, 0.6) is 5.75 Å². The lowest BCUT2D eigenvalue weighted by Crippen LogP contribution is -1.99. The SMILES string of the molecule is C=C(N)Cc1csc2cc(OCc3ccc(C)cc3C)ccc12. The first kappa shape index (κ1) is 15.6. The summed E-state index contributed by atoms with van der Waals surface area (Å²) in [6.07, 6.45) is 0.725. The molecule has 2 nitrogen and oxygen atoms in total. The Morgan fingerprint density at radius 1 is 1.13 bits per heavy atom. The molecule has 1 aromatic heterocycles. The molecule has 3 heteroatoms. The molecule has 0 aliphatic heterocycles. The normalized spacial score (nSPS) is 10.9. The highest BCUT2D eigenvalue weighted by atomic mass is 32.1. The van der Waals surface area contributed by atoms with E-state index < -0.39 is 0 Å². The van der Waals surface area contributed by atoms with Gasteiger partial charge in [-0.2, -0.15) is 0 Å². The van der Waals surface area contributed by atoms with Crippen LogP contribution in [0.2, 0.25) is 0 Å². The molecule has 118 valence electrons. The van der Waals surface area contributed by atoms with Gasteiger partial charge >= 0.3 is 0 Å². The molecule has 3 rings (SSSR count). The first-order valence-electron chi connectivity index (χ1n) is 7.65. The molecule has 1 heterocycles. The van der Waals surface area contributed by atoms with Crippen molar-refractivity contribution in [2.24, 2.45) is 5.73 Å². The lowest BCUT2D eigenvalue weighted by atomic mass is 10.1. The van der Waals surface area contributed by atoms with Gasteiger partial charge in [0.05, 0.1) is 0 Å². The Morgan fingerprint density at radius 2 is 1.96 bits per heavy atom. The van der Waals surface area contributed by atoms with Crippen LogP contribution in [-0.4, -0.2) is 0 Å². The monoisotopic (exact) mass is 323 g/mol. The molecule has 0 fully saturated rings. The van der Waals surface area contributed by atoms with Crippen molar-refractivity contribution in [3.63, 3.8) is 0 Å². The predicted octanol–water partition coefficient (Wildman–Crippen LogP) is 5.11. The minimum Gasteiger partial charge on any atom is -0.489 e. The summed E-state index contributed by atoms with van der Waals surface area (Å²) in [5, 5.41) is 3.39. The number of benzene rings is 2. The van der Waals surface area contributed by atoms with Gasteiger partial charge in [-0.15, -0.1) is 11.3 Å². The second-order valence-electron chi connectivity index (χ2n) is 5.97. The summed E-state index contributed by atoms with van der Waals surface area (Å²) < 4.78 is 7.20. The first-order chi connectivity index (χ1) is 11.0. The van der Waals surface area contributed by atoms with Crippen molar-refractivity contribution < 1.29 is 4.74 Å². The maximum Gasteiger partial charge on any atom is 0.121 e. The number of thiophene rings is 1. The maximum absolute atomic E-state index is 5.98. The zero-order chi connectivity index (χ0) is 16.4. The van der Waals surface area contributed by atoms with E-state index >= 15 is 0 Å². The first-order valence-corrected chi connectivity index (χ1v) is 8.53. The summed E-state index contributed by atoms with van der Waals surface area (Å²) in [6.45, 7) is 8.61. The second-order valence-corrected chi connectivity index (χ2v) is 6.88. The molecular formula is C20H21NOS. The van der Waals surface area contributed by atoms with Crippen molar-refractivity contribution in [3.05, 3.63) is 76.3 Å². The number of hydrogen-bond acceptors (Lipinski definition) is 3. The van der Waals surface area contributed by atoms with Gasteiger partial charge in [0.1, 0.15) is 12.4 Å². The van der Waals surface area contributed by atoms with Crippen LogP contribution in [0, 0.1) is 13.8 Å². The fraction of sp³-hybridized carbons (Fsp3) is 0.200. The van der Waals surface area contributed by atoms with E-state index in [1.54, 1.807) is 11.3 Å². The van der Waals surface area contributed by atoms with Crippen molar-refractivity contribution in [2.45, 2.75) is 26.9 Å². The summed E-state index contributed by atoms with van der Waals surface area (Å²) in [5.41, 5.74) is 11.4. The molecule has 0 aliphatic carbocycles. The molecule has 2 aromatic carbocycles.